The van der Waals surface area contributed by atoms with Gasteiger partial charge in [-0.25, -0.2) is 0 Å². The molecule has 0 aliphatic heterocycles. The van der Waals surface area contributed by atoms with E-state index in [1.807, 2.05) is 0 Å². The maximum Gasteiger partial charge on any atom is 0.0774 e. The Morgan fingerprint density at radius 3 is 2.29 bits per heavy atom. The van der Waals surface area contributed by atoms with Crippen molar-refractivity contribution in [2.45, 2.75) is 70.5 Å². The first kappa shape index (κ1) is 20.8. The van der Waals surface area contributed by atoms with E-state index in [4.69, 9.17) is 14.9 Å². The molecule has 4 N–H and O–H groups in total. The summed E-state index contributed by atoms with van der Waals surface area (Å²) in [5, 5.41) is 37.6. The van der Waals surface area contributed by atoms with E-state index in [0.717, 1.165) is 45.1 Å². The Bertz CT molecular complexity index is 213. The third-order valence-corrected chi connectivity index (χ3v) is 3.70. The van der Waals surface area contributed by atoms with Gasteiger partial charge in [-0.05, 0) is 44.4 Å². The lowest BCUT2D eigenvalue weighted by atomic mass is 9.88. The summed E-state index contributed by atoms with van der Waals surface area (Å²) in [6.45, 7) is 3.43. The topological polar surface area (TPSA) is 90.2 Å². The van der Waals surface area contributed by atoms with E-state index in [-0.39, 0.29) is 19.1 Å². The molecule has 0 heterocycles. The Balaban J connectivity index is 4.04. The lowest BCUT2D eigenvalue weighted by Crippen LogP contribution is -2.27. The Hall–Kier alpha value is -0.200. The van der Waals surface area contributed by atoms with Gasteiger partial charge >= 0.3 is 0 Å². The molecule has 0 bridgehead atoms. The molecular formula is C16H34O5. The Labute approximate surface area is 129 Å². The highest BCUT2D eigenvalue weighted by atomic mass is 16.5. The summed E-state index contributed by atoms with van der Waals surface area (Å²) in [6.07, 6.45) is 5.07. The third kappa shape index (κ3) is 12.1. The van der Waals surface area contributed by atoms with Crippen molar-refractivity contribution in [2.75, 3.05) is 26.4 Å². The molecule has 0 rings (SSSR count). The van der Waals surface area contributed by atoms with Gasteiger partial charge in [0, 0.05) is 19.8 Å². The van der Waals surface area contributed by atoms with Gasteiger partial charge in [0.15, 0.2) is 0 Å². The number of unbranched alkanes of at least 4 members (excludes halogenated alkanes) is 2. The van der Waals surface area contributed by atoms with Crippen molar-refractivity contribution in [1.82, 2.24) is 0 Å². The molecule has 21 heavy (non-hydrogen) atoms. The second kappa shape index (κ2) is 14.7. The van der Waals surface area contributed by atoms with Crippen LogP contribution in [0.25, 0.3) is 0 Å². The van der Waals surface area contributed by atoms with Crippen molar-refractivity contribution in [3.63, 3.8) is 0 Å². The van der Waals surface area contributed by atoms with Crippen LogP contribution in [0.2, 0.25) is 0 Å². The van der Waals surface area contributed by atoms with E-state index in [2.05, 4.69) is 6.92 Å². The first-order valence-electron chi connectivity index (χ1n) is 8.31. The molecule has 0 fully saturated rings. The van der Waals surface area contributed by atoms with Crippen LogP contribution in [-0.2, 0) is 4.74 Å². The van der Waals surface area contributed by atoms with E-state index >= 15 is 0 Å². The number of hydrogen-bond acceptors (Lipinski definition) is 5. The fourth-order valence-electron chi connectivity index (χ4n) is 2.46. The fraction of sp³-hybridized carbons (Fsp3) is 1.00. The standard InChI is InChI=1S/C16H34O5/c1-2-10-21-11-6-7-14(12-15(19)13-18)16(20)8-4-3-5-9-17/h14-20H,2-13H2,1H3. The fourth-order valence-corrected chi connectivity index (χ4v) is 2.46. The van der Waals surface area contributed by atoms with Crippen molar-refractivity contribution in [3.05, 3.63) is 0 Å². The molecule has 3 atom stereocenters. The summed E-state index contributed by atoms with van der Waals surface area (Å²) >= 11 is 0. The first-order valence-corrected chi connectivity index (χ1v) is 8.31. The van der Waals surface area contributed by atoms with E-state index < -0.39 is 12.2 Å². The van der Waals surface area contributed by atoms with Gasteiger partial charge in [0.25, 0.3) is 0 Å². The van der Waals surface area contributed by atoms with Gasteiger partial charge < -0.3 is 25.2 Å². The van der Waals surface area contributed by atoms with E-state index in [1.54, 1.807) is 0 Å². The van der Waals surface area contributed by atoms with Crippen molar-refractivity contribution < 1.29 is 25.2 Å². The number of hydrogen-bond donors (Lipinski definition) is 4. The maximum atomic E-state index is 10.3. The zero-order valence-corrected chi connectivity index (χ0v) is 13.4. The minimum absolute atomic E-state index is 0.00787. The maximum absolute atomic E-state index is 10.3. The molecule has 5 nitrogen and oxygen atoms in total. The van der Waals surface area contributed by atoms with Crippen LogP contribution in [-0.4, -0.2) is 59.1 Å². The van der Waals surface area contributed by atoms with Gasteiger partial charge in [0.2, 0.25) is 0 Å². The van der Waals surface area contributed by atoms with Crippen LogP contribution in [0.15, 0.2) is 0 Å². The minimum Gasteiger partial charge on any atom is -0.396 e. The Morgan fingerprint density at radius 1 is 0.905 bits per heavy atom. The van der Waals surface area contributed by atoms with E-state index in [1.165, 1.54) is 0 Å². The summed E-state index contributed by atoms with van der Waals surface area (Å²) in [4.78, 5) is 0. The minimum atomic E-state index is -0.765. The smallest absolute Gasteiger partial charge is 0.0774 e. The third-order valence-electron chi connectivity index (χ3n) is 3.70. The average molecular weight is 306 g/mol. The largest absolute Gasteiger partial charge is 0.396 e. The van der Waals surface area contributed by atoms with Crippen LogP contribution in [0.1, 0.15) is 58.3 Å². The number of rotatable bonds is 15. The van der Waals surface area contributed by atoms with Gasteiger partial charge in [-0.1, -0.05) is 19.8 Å². The van der Waals surface area contributed by atoms with Crippen LogP contribution < -0.4 is 0 Å². The molecule has 0 aliphatic rings. The average Bonchev–Trinajstić information content (AvgIpc) is 2.49. The highest BCUT2D eigenvalue weighted by Gasteiger charge is 2.21. The zero-order chi connectivity index (χ0) is 15.9. The van der Waals surface area contributed by atoms with Gasteiger partial charge in [0.05, 0.1) is 18.8 Å². The number of aliphatic hydroxyl groups is 4. The van der Waals surface area contributed by atoms with Gasteiger partial charge in [-0.2, -0.15) is 0 Å². The second-order valence-electron chi connectivity index (χ2n) is 5.73. The SMILES string of the molecule is CCCOCCCC(CC(O)CO)C(O)CCCCCO. The molecular weight excluding hydrogens is 272 g/mol. The van der Waals surface area contributed by atoms with Crippen molar-refractivity contribution in [1.29, 1.82) is 0 Å². The number of ether oxygens (including phenoxy) is 1. The highest BCUT2D eigenvalue weighted by molar-refractivity contribution is 4.73. The van der Waals surface area contributed by atoms with E-state index in [0.29, 0.717) is 19.4 Å². The summed E-state index contributed by atoms with van der Waals surface area (Å²) in [6, 6.07) is 0. The Kier molecular flexibility index (Phi) is 14.6. The molecule has 0 amide bonds. The second-order valence-corrected chi connectivity index (χ2v) is 5.73. The summed E-state index contributed by atoms with van der Waals surface area (Å²) in [5.74, 6) is -0.00787. The van der Waals surface area contributed by atoms with Crippen LogP contribution in [0.5, 0.6) is 0 Å². The molecule has 0 radical (unpaired) electrons. The van der Waals surface area contributed by atoms with Gasteiger partial charge in [0.1, 0.15) is 0 Å². The van der Waals surface area contributed by atoms with Crippen molar-refractivity contribution in [2.24, 2.45) is 5.92 Å². The quantitative estimate of drug-likeness (QED) is 0.344. The molecule has 0 aromatic rings. The van der Waals surface area contributed by atoms with E-state index in [9.17, 15) is 10.2 Å². The predicted octanol–water partition coefficient (Wildman–Crippen LogP) is 1.47. The number of aliphatic hydroxyl groups excluding tert-OH is 4. The van der Waals surface area contributed by atoms with Crippen LogP contribution in [0.3, 0.4) is 0 Å². The predicted molar refractivity (Wildman–Crippen MR) is 83.1 cm³/mol. The van der Waals surface area contributed by atoms with Crippen molar-refractivity contribution >= 4 is 0 Å². The van der Waals surface area contributed by atoms with Gasteiger partial charge in [-0.15, -0.1) is 0 Å². The molecule has 0 saturated carbocycles. The Morgan fingerprint density at radius 2 is 1.67 bits per heavy atom. The molecule has 0 saturated heterocycles. The summed E-state index contributed by atoms with van der Waals surface area (Å²) < 4.78 is 5.44. The molecule has 0 aromatic carbocycles. The van der Waals surface area contributed by atoms with Crippen LogP contribution in [0.4, 0.5) is 0 Å². The highest BCUT2D eigenvalue weighted by Crippen LogP contribution is 2.22. The van der Waals surface area contributed by atoms with Crippen LogP contribution >= 0.6 is 0 Å². The zero-order valence-electron chi connectivity index (χ0n) is 13.4. The van der Waals surface area contributed by atoms with Gasteiger partial charge in [-0.3, -0.25) is 0 Å². The molecule has 5 heteroatoms. The molecule has 3 unspecified atom stereocenters. The summed E-state index contributed by atoms with van der Waals surface area (Å²) in [5.41, 5.74) is 0. The lowest BCUT2D eigenvalue weighted by molar-refractivity contribution is 0.0225. The van der Waals surface area contributed by atoms with Crippen LogP contribution in [0, 0.1) is 5.92 Å². The molecule has 0 spiro atoms. The normalized spacial score (nSPS) is 15.9. The van der Waals surface area contributed by atoms with Crippen molar-refractivity contribution in [3.8, 4) is 0 Å². The lowest BCUT2D eigenvalue weighted by Gasteiger charge is -2.25. The summed E-state index contributed by atoms with van der Waals surface area (Å²) in [7, 11) is 0. The molecule has 0 aliphatic carbocycles. The molecule has 128 valence electrons. The first-order chi connectivity index (χ1) is 10.2. The monoisotopic (exact) mass is 306 g/mol. The molecule has 0 aromatic heterocycles.